The minimum Gasteiger partial charge on any atom is -0.347 e. The Balaban J connectivity index is 1.35. The second-order valence-corrected chi connectivity index (χ2v) is 7.47. The number of carbonyl (C=O) groups excluding carboxylic acids is 1. The Kier molecular flexibility index (Phi) is 4.52. The summed E-state index contributed by atoms with van der Waals surface area (Å²) in [5.41, 5.74) is 1.03. The molecule has 2 aliphatic rings. The van der Waals surface area contributed by atoms with Crippen LogP contribution in [-0.2, 0) is 6.42 Å². The van der Waals surface area contributed by atoms with Crippen LogP contribution >= 0.6 is 11.3 Å². The molecule has 1 aromatic heterocycles. The first-order valence-electron chi connectivity index (χ1n) is 8.55. The van der Waals surface area contributed by atoms with Crippen molar-refractivity contribution in [3.63, 3.8) is 0 Å². The Labute approximate surface area is 149 Å². The van der Waals surface area contributed by atoms with Crippen molar-refractivity contribution in [2.75, 3.05) is 31.1 Å². The molecule has 0 unspecified atom stereocenters. The number of nitrogens with one attached hydrogen (secondary N) is 1. The van der Waals surface area contributed by atoms with Gasteiger partial charge in [0.05, 0.1) is 0 Å². The Morgan fingerprint density at radius 3 is 2.60 bits per heavy atom. The SMILES string of the molecule is O=C1NCCN1C1CCN(c2nnc(Cc3ccc(F)cc3)s2)CC1. The quantitative estimate of drug-likeness (QED) is 0.907. The smallest absolute Gasteiger partial charge is 0.317 e. The molecule has 0 bridgehead atoms. The van der Waals surface area contributed by atoms with E-state index in [2.05, 4.69) is 20.4 Å². The summed E-state index contributed by atoms with van der Waals surface area (Å²) >= 11 is 1.59. The van der Waals surface area contributed by atoms with Gasteiger partial charge < -0.3 is 15.1 Å². The lowest BCUT2D eigenvalue weighted by Crippen LogP contribution is -2.46. The summed E-state index contributed by atoms with van der Waals surface area (Å²) < 4.78 is 13.0. The highest BCUT2D eigenvalue weighted by atomic mass is 32.1. The first-order chi connectivity index (χ1) is 12.2. The van der Waals surface area contributed by atoms with Crippen molar-refractivity contribution < 1.29 is 9.18 Å². The van der Waals surface area contributed by atoms with Gasteiger partial charge in [-0.1, -0.05) is 23.5 Å². The molecule has 25 heavy (non-hydrogen) atoms. The molecule has 0 atom stereocenters. The van der Waals surface area contributed by atoms with Crippen molar-refractivity contribution in [1.82, 2.24) is 20.4 Å². The van der Waals surface area contributed by atoms with Crippen LogP contribution < -0.4 is 10.2 Å². The van der Waals surface area contributed by atoms with Gasteiger partial charge in [0.1, 0.15) is 10.8 Å². The van der Waals surface area contributed by atoms with Crippen LogP contribution in [-0.4, -0.2) is 53.3 Å². The summed E-state index contributed by atoms with van der Waals surface area (Å²) in [5.74, 6) is -0.226. The number of benzene rings is 1. The highest BCUT2D eigenvalue weighted by molar-refractivity contribution is 7.15. The van der Waals surface area contributed by atoms with Crippen LogP contribution in [0.2, 0.25) is 0 Å². The predicted molar refractivity (Wildman–Crippen MR) is 94.5 cm³/mol. The van der Waals surface area contributed by atoms with Crippen LogP contribution in [0.4, 0.5) is 14.3 Å². The van der Waals surface area contributed by atoms with Crippen molar-refractivity contribution in [2.24, 2.45) is 0 Å². The van der Waals surface area contributed by atoms with E-state index in [9.17, 15) is 9.18 Å². The Morgan fingerprint density at radius 1 is 1.16 bits per heavy atom. The fraction of sp³-hybridized carbons (Fsp3) is 0.471. The van der Waals surface area contributed by atoms with Crippen LogP contribution in [0.15, 0.2) is 24.3 Å². The molecule has 1 aromatic carbocycles. The fourth-order valence-electron chi connectivity index (χ4n) is 3.42. The van der Waals surface area contributed by atoms with Crippen LogP contribution in [0.25, 0.3) is 0 Å². The number of halogens is 1. The van der Waals surface area contributed by atoms with E-state index in [1.54, 1.807) is 23.5 Å². The number of hydrogen-bond donors (Lipinski definition) is 1. The van der Waals surface area contributed by atoms with E-state index in [4.69, 9.17) is 0 Å². The monoisotopic (exact) mass is 361 g/mol. The average Bonchev–Trinajstić information content (AvgIpc) is 3.26. The summed E-state index contributed by atoms with van der Waals surface area (Å²) in [7, 11) is 0. The van der Waals surface area contributed by atoms with Crippen molar-refractivity contribution in [3.05, 3.63) is 40.7 Å². The lowest BCUT2D eigenvalue weighted by Gasteiger charge is -2.35. The number of nitrogens with zero attached hydrogens (tertiary/aromatic N) is 4. The van der Waals surface area contributed by atoms with Gasteiger partial charge in [-0.15, -0.1) is 10.2 Å². The maximum absolute atomic E-state index is 13.0. The molecule has 2 amide bonds. The van der Waals surface area contributed by atoms with Gasteiger partial charge in [-0.2, -0.15) is 0 Å². The number of anilines is 1. The summed E-state index contributed by atoms with van der Waals surface area (Å²) in [6.45, 7) is 3.34. The minimum atomic E-state index is -0.226. The molecule has 4 rings (SSSR count). The van der Waals surface area contributed by atoms with Gasteiger partial charge in [0.2, 0.25) is 5.13 Å². The van der Waals surface area contributed by atoms with Crippen LogP contribution in [0, 0.1) is 5.82 Å². The van der Waals surface area contributed by atoms with E-state index in [1.807, 2.05) is 4.90 Å². The Bertz CT molecular complexity index is 742. The highest BCUT2D eigenvalue weighted by Crippen LogP contribution is 2.27. The largest absolute Gasteiger partial charge is 0.347 e. The molecule has 0 spiro atoms. The molecule has 0 aliphatic carbocycles. The van der Waals surface area contributed by atoms with Crippen molar-refractivity contribution >= 4 is 22.5 Å². The fourth-order valence-corrected chi connectivity index (χ4v) is 4.35. The molecule has 3 heterocycles. The first-order valence-corrected chi connectivity index (χ1v) is 9.37. The molecular weight excluding hydrogens is 341 g/mol. The van der Waals surface area contributed by atoms with Gasteiger partial charge in [-0.3, -0.25) is 0 Å². The van der Waals surface area contributed by atoms with Crippen LogP contribution in [0.5, 0.6) is 0 Å². The first kappa shape index (κ1) is 16.3. The van der Waals surface area contributed by atoms with E-state index in [0.717, 1.165) is 54.7 Å². The summed E-state index contributed by atoms with van der Waals surface area (Å²) in [4.78, 5) is 16.0. The molecule has 2 fully saturated rings. The number of carbonyl (C=O) groups is 1. The molecule has 2 aromatic rings. The highest BCUT2D eigenvalue weighted by Gasteiger charge is 2.31. The van der Waals surface area contributed by atoms with Crippen LogP contribution in [0.3, 0.4) is 0 Å². The van der Waals surface area contributed by atoms with E-state index in [1.165, 1.54) is 12.1 Å². The molecule has 2 aliphatic heterocycles. The zero-order valence-electron chi connectivity index (χ0n) is 13.8. The third kappa shape index (κ3) is 3.58. The van der Waals surface area contributed by atoms with E-state index < -0.39 is 0 Å². The van der Waals surface area contributed by atoms with E-state index in [0.29, 0.717) is 12.5 Å². The van der Waals surface area contributed by atoms with Crippen LogP contribution in [0.1, 0.15) is 23.4 Å². The minimum absolute atomic E-state index is 0.0657. The number of urea groups is 1. The van der Waals surface area contributed by atoms with E-state index >= 15 is 0 Å². The zero-order valence-corrected chi connectivity index (χ0v) is 14.6. The lowest BCUT2D eigenvalue weighted by molar-refractivity contribution is 0.186. The summed E-state index contributed by atoms with van der Waals surface area (Å²) in [5, 5.41) is 13.3. The molecular formula is C17H20FN5OS. The van der Waals surface area contributed by atoms with Gasteiger partial charge in [0.15, 0.2) is 0 Å². The van der Waals surface area contributed by atoms with Gasteiger partial charge in [0, 0.05) is 38.6 Å². The molecule has 1 N–H and O–H groups in total. The van der Waals surface area contributed by atoms with Crippen molar-refractivity contribution in [1.29, 1.82) is 0 Å². The van der Waals surface area contributed by atoms with Gasteiger partial charge in [0.25, 0.3) is 0 Å². The third-order valence-electron chi connectivity index (χ3n) is 4.79. The molecule has 6 nitrogen and oxygen atoms in total. The van der Waals surface area contributed by atoms with Gasteiger partial charge in [-0.05, 0) is 30.5 Å². The number of amides is 2. The maximum Gasteiger partial charge on any atom is 0.317 e. The number of rotatable bonds is 4. The predicted octanol–water partition coefficient (Wildman–Crippen LogP) is 2.26. The number of piperidine rings is 1. The zero-order chi connectivity index (χ0) is 17.2. The Morgan fingerprint density at radius 2 is 1.92 bits per heavy atom. The molecule has 0 saturated carbocycles. The maximum atomic E-state index is 13.0. The van der Waals surface area contributed by atoms with Gasteiger partial charge in [-0.25, -0.2) is 9.18 Å². The van der Waals surface area contributed by atoms with Gasteiger partial charge >= 0.3 is 6.03 Å². The Hall–Kier alpha value is -2.22. The normalized spacial score (nSPS) is 18.7. The summed E-state index contributed by atoms with van der Waals surface area (Å²) in [6, 6.07) is 6.89. The van der Waals surface area contributed by atoms with Crippen molar-refractivity contribution in [2.45, 2.75) is 25.3 Å². The third-order valence-corrected chi connectivity index (χ3v) is 5.77. The van der Waals surface area contributed by atoms with E-state index in [-0.39, 0.29) is 11.8 Å². The second-order valence-electron chi connectivity index (χ2n) is 6.43. The second kappa shape index (κ2) is 6.95. The molecule has 2 saturated heterocycles. The number of hydrogen-bond acceptors (Lipinski definition) is 5. The number of aromatic nitrogens is 2. The molecule has 132 valence electrons. The molecule has 8 heteroatoms. The van der Waals surface area contributed by atoms with Crippen molar-refractivity contribution in [3.8, 4) is 0 Å². The average molecular weight is 361 g/mol. The lowest BCUT2D eigenvalue weighted by atomic mass is 10.0. The standard InChI is InChI=1S/C17H20FN5OS/c18-13-3-1-12(2-4-13)11-15-20-21-17(25-15)22-8-5-14(6-9-22)23-10-7-19-16(23)24/h1-4,14H,5-11H2,(H,19,24). The topological polar surface area (TPSA) is 61.4 Å². The molecule has 0 radical (unpaired) electrons. The summed E-state index contributed by atoms with van der Waals surface area (Å²) in [6.07, 6.45) is 2.59.